The second kappa shape index (κ2) is 7.48. The molecule has 0 aromatic heterocycles. The lowest BCUT2D eigenvalue weighted by atomic mass is 9.99. The number of fused-ring (bicyclic) bond motifs is 2. The van der Waals surface area contributed by atoms with E-state index in [1.807, 2.05) is 18.2 Å². The van der Waals surface area contributed by atoms with Crippen molar-refractivity contribution in [3.63, 3.8) is 0 Å². The molecule has 0 saturated carbocycles. The second-order valence-electron chi connectivity index (χ2n) is 6.61. The minimum absolute atomic E-state index is 0.385. The van der Waals surface area contributed by atoms with E-state index in [9.17, 15) is 0 Å². The van der Waals surface area contributed by atoms with Gasteiger partial charge < -0.3 is 11.5 Å². The van der Waals surface area contributed by atoms with Crippen LogP contribution < -0.4 is 11.5 Å². The number of benzene rings is 4. The molecule has 0 aliphatic carbocycles. The average Bonchev–Trinajstić information content (AvgIpc) is 2.72. The number of nitrogens with two attached hydrogens (primary N) is 2. The normalized spacial score (nSPS) is 12.6. The van der Waals surface area contributed by atoms with Crippen molar-refractivity contribution in [2.45, 2.75) is 0 Å². The summed E-state index contributed by atoms with van der Waals surface area (Å²) < 4.78 is 0. The summed E-state index contributed by atoms with van der Waals surface area (Å²) in [6, 6.07) is 29.2. The number of hydrogen-bond acceptors (Lipinski definition) is 2. The Morgan fingerprint density at radius 1 is 0.630 bits per heavy atom. The molecule has 0 atom stereocenters. The zero-order chi connectivity index (χ0) is 18.6. The number of rotatable bonds is 4. The molecule has 0 aliphatic heterocycles. The number of hydrogen-bond donors (Lipinski definition) is 2. The van der Waals surface area contributed by atoms with Gasteiger partial charge in [0.05, 0.1) is 0 Å². The molecule has 0 fully saturated rings. The Labute approximate surface area is 159 Å². The van der Waals surface area contributed by atoms with Crippen LogP contribution >= 0.6 is 0 Å². The van der Waals surface area contributed by atoms with Crippen LogP contribution in [0.5, 0.6) is 0 Å². The van der Waals surface area contributed by atoms with Crippen molar-refractivity contribution >= 4 is 33.7 Å². The van der Waals surface area contributed by atoms with Gasteiger partial charge in [-0.1, -0.05) is 84.9 Å². The fourth-order valence-corrected chi connectivity index (χ4v) is 3.46. The van der Waals surface area contributed by atoms with Crippen molar-refractivity contribution in [3.05, 3.63) is 107 Å². The van der Waals surface area contributed by atoms with Gasteiger partial charge in [-0.05, 0) is 50.4 Å². The van der Waals surface area contributed by atoms with Gasteiger partial charge in [-0.15, -0.1) is 0 Å². The van der Waals surface area contributed by atoms with E-state index in [0.717, 1.165) is 16.7 Å². The van der Waals surface area contributed by atoms with Crippen LogP contribution in [0.25, 0.3) is 33.7 Å². The highest BCUT2D eigenvalue weighted by Crippen LogP contribution is 2.24. The molecule has 2 nitrogen and oxygen atoms in total. The van der Waals surface area contributed by atoms with Gasteiger partial charge in [0, 0.05) is 12.2 Å². The van der Waals surface area contributed by atoms with Crippen LogP contribution in [0.4, 0.5) is 0 Å². The standard InChI is InChI=1S/C25H22N2/c26-17-22(15-20-11-5-9-18-7-1-3-13-23(18)20)25(27)16-21-12-6-10-19-8-2-4-14-24(19)21/h1-16H,17,26-27H2. The Morgan fingerprint density at radius 3 is 1.67 bits per heavy atom. The highest BCUT2D eigenvalue weighted by atomic mass is 14.6. The Hall–Kier alpha value is -3.36. The predicted molar refractivity (Wildman–Crippen MR) is 117 cm³/mol. The molecule has 0 aliphatic rings. The van der Waals surface area contributed by atoms with Gasteiger partial charge in [-0.3, -0.25) is 0 Å². The molecule has 4 rings (SSSR count). The molecule has 0 amide bonds. The average molecular weight is 350 g/mol. The van der Waals surface area contributed by atoms with E-state index in [1.54, 1.807) is 0 Å². The van der Waals surface area contributed by atoms with Crippen LogP contribution in [-0.4, -0.2) is 6.54 Å². The Balaban J connectivity index is 1.79. The van der Waals surface area contributed by atoms with Gasteiger partial charge >= 0.3 is 0 Å². The van der Waals surface area contributed by atoms with Crippen LogP contribution in [0.2, 0.25) is 0 Å². The molecular weight excluding hydrogens is 328 g/mol. The largest absolute Gasteiger partial charge is 0.398 e. The van der Waals surface area contributed by atoms with E-state index < -0.39 is 0 Å². The van der Waals surface area contributed by atoms with Crippen LogP contribution in [0.15, 0.2) is 96.2 Å². The molecule has 4 N–H and O–H groups in total. The summed E-state index contributed by atoms with van der Waals surface area (Å²) in [4.78, 5) is 0. The molecule has 0 radical (unpaired) electrons. The van der Waals surface area contributed by atoms with E-state index in [4.69, 9.17) is 11.5 Å². The molecule has 4 aromatic carbocycles. The maximum Gasteiger partial charge on any atom is 0.0366 e. The summed E-state index contributed by atoms with van der Waals surface area (Å²) in [5.74, 6) is 0. The van der Waals surface area contributed by atoms with Gasteiger partial charge in [0.15, 0.2) is 0 Å². The van der Waals surface area contributed by atoms with E-state index >= 15 is 0 Å². The van der Waals surface area contributed by atoms with Gasteiger partial charge in [0.2, 0.25) is 0 Å². The van der Waals surface area contributed by atoms with Crippen molar-refractivity contribution in [3.8, 4) is 0 Å². The predicted octanol–water partition coefficient (Wildman–Crippen LogP) is 5.33. The van der Waals surface area contributed by atoms with Crippen molar-refractivity contribution in [2.75, 3.05) is 6.54 Å². The summed E-state index contributed by atoms with van der Waals surface area (Å²) in [7, 11) is 0. The smallest absolute Gasteiger partial charge is 0.0366 e. The minimum atomic E-state index is 0.385. The summed E-state index contributed by atoms with van der Waals surface area (Å²) in [5, 5.41) is 4.79. The summed E-state index contributed by atoms with van der Waals surface area (Å²) >= 11 is 0. The molecule has 0 bridgehead atoms. The third-order valence-corrected chi connectivity index (χ3v) is 4.88. The molecule has 0 heterocycles. The quantitative estimate of drug-likeness (QED) is 0.488. The van der Waals surface area contributed by atoms with Gasteiger partial charge in [-0.25, -0.2) is 0 Å². The SMILES string of the molecule is NCC(=Cc1cccc2ccccc12)C(N)=Cc1cccc2ccccc12. The molecule has 132 valence electrons. The summed E-state index contributed by atoms with van der Waals surface area (Å²) in [6.07, 6.45) is 4.12. The van der Waals surface area contributed by atoms with Crippen molar-refractivity contribution in [2.24, 2.45) is 11.5 Å². The van der Waals surface area contributed by atoms with Crippen molar-refractivity contribution in [1.29, 1.82) is 0 Å². The van der Waals surface area contributed by atoms with Crippen LogP contribution in [0.1, 0.15) is 11.1 Å². The zero-order valence-electron chi connectivity index (χ0n) is 15.1. The lowest BCUT2D eigenvalue weighted by Crippen LogP contribution is -2.11. The van der Waals surface area contributed by atoms with E-state index in [1.165, 1.54) is 21.5 Å². The molecule has 0 saturated heterocycles. The van der Waals surface area contributed by atoms with E-state index in [0.29, 0.717) is 12.2 Å². The van der Waals surface area contributed by atoms with Crippen LogP contribution in [0, 0.1) is 0 Å². The zero-order valence-corrected chi connectivity index (χ0v) is 15.1. The Morgan fingerprint density at radius 2 is 1.11 bits per heavy atom. The topological polar surface area (TPSA) is 52.0 Å². The van der Waals surface area contributed by atoms with Crippen LogP contribution in [-0.2, 0) is 0 Å². The second-order valence-corrected chi connectivity index (χ2v) is 6.61. The van der Waals surface area contributed by atoms with Crippen molar-refractivity contribution < 1.29 is 0 Å². The fraction of sp³-hybridized carbons (Fsp3) is 0.0400. The molecule has 4 aromatic rings. The lowest BCUT2D eigenvalue weighted by molar-refractivity contribution is 1.14. The van der Waals surface area contributed by atoms with Crippen molar-refractivity contribution in [1.82, 2.24) is 0 Å². The third kappa shape index (κ3) is 3.48. The Bertz CT molecular complexity index is 1160. The maximum atomic E-state index is 6.46. The summed E-state index contributed by atoms with van der Waals surface area (Å²) in [6.45, 7) is 0.385. The first-order valence-corrected chi connectivity index (χ1v) is 9.10. The first-order chi connectivity index (χ1) is 13.3. The highest BCUT2D eigenvalue weighted by molar-refractivity contribution is 5.93. The van der Waals surface area contributed by atoms with E-state index in [2.05, 4.69) is 78.9 Å². The molecular formula is C25H22N2. The molecule has 27 heavy (non-hydrogen) atoms. The highest BCUT2D eigenvalue weighted by Gasteiger charge is 2.05. The first-order valence-electron chi connectivity index (χ1n) is 9.10. The first kappa shape index (κ1) is 17.1. The Kier molecular flexibility index (Phi) is 4.73. The monoisotopic (exact) mass is 350 g/mol. The molecule has 0 unspecified atom stereocenters. The molecule has 0 spiro atoms. The molecule has 2 heteroatoms. The van der Waals surface area contributed by atoms with E-state index in [-0.39, 0.29) is 0 Å². The van der Waals surface area contributed by atoms with Gasteiger partial charge in [0.1, 0.15) is 0 Å². The minimum Gasteiger partial charge on any atom is -0.398 e. The fourth-order valence-electron chi connectivity index (χ4n) is 3.46. The van der Waals surface area contributed by atoms with Gasteiger partial charge in [-0.2, -0.15) is 0 Å². The van der Waals surface area contributed by atoms with Crippen LogP contribution in [0.3, 0.4) is 0 Å². The maximum absolute atomic E-state index is 6.46. The summed E-state index contributed by atoms with van der Waals surface area (Å²) in [5.41, 5.74) is 16.4. The third-order valence-electron chi connectivity index (χ3n) is 4.88. The van der Waals surface area contributed by atoms with Gasteiger partial charge in [0.25, 0.3) is 0 Å². The lowest BCUT2D eigenvalue weighted by Gasteiger charge is -2.09.